The highest BCUT2D eigenvalue weighted by atomic mass is 14.5. The van der Waals surface area contributed by atoms with Gasteiger partial charge >= 0.3 is 0 Å². The summed E-state index contributed by atoms with van der Waals surface area (Å²) in [7, 11) is 0. The predicted molar refractivity (Wildman–Crippen MR) is 60.7 cm³/mol. The van der Waals surface area contributed by atoms with Crippen LogP contribution in [0.4, 0.5) is 0 Å². The van der Waals surface area contributed by atoms with Gasteiger partial charge in [0.2, 0.25) is 0 Å². The van der Waals surface area contributed by atoms with E-state index < -0.39 is 0 Å². The third kappa shape index (κ3) is 1.41. The first-order chi connectivity index (χ1) is 6.83. The molecule has 1 aromatic carbocycles. The molecule has 1 aliphatic carbocycles. The second-order valence-electron chi connectivity index (χ2n) is 3.42. The van der Waals surface area contributed by atoms with Crippen molar-refractivity contribution < 1.29 is 0 Å². The van der Waals surface area contributed by atoms with Crippen molar-refractivity contribution in [1.82, 2.24) is 0 Å². The van der Waals surface area contributed by atoms with Gasteiger partial charge in [0, 0.05) is 17.7 Å². The zero-order chi connectivity index (χ0) is 9.97. The lowest BCUT2D eigenvalue weighted by Gasteiger charge is -1.97. The average molecular weight is 183 g/mol. The summed E-state index contributed by atoms with van der Waals surface area (Å²) in [5, 5.41) is 7.87. The van der Waals surface area contributed by atoms with E-state index in [1.807, 2.05) is 37.3 Å². The number of fused-ring (bicyclic) bond motifs is 1. The van der Waals surface area contributed by atoms with Gasteiger partial charge in [-0.1, -0.05) is 42.5 Å². The molecule has 0 atom stereocenters. The molecule has 1 aromatic rings. The standard InChI is InChI=1S/C13H13N/c1-2-3-7-12-11-8-5-4-6-10(11)9-13(12)14/h2-8,14H,9H2,1H3/b3-2-,12-7-,14-13?. The van der Waals surface area contributed by atoms with Crippen LogP contribution in [0.25, 0.3) is 5.57 Å². The van der Waals surface area contributed by atoms with Crippen LogP contribution in [0.5, 0.6) is 0 Å². The largest absolute Gasteiger partial charge is 0.304 e. The average Bonchev–Trinajstić information content (AvgIpc) is 2.51. The molecule has 0 fully saturated rings. The van der Waals surface area contributed by atoms with Crippen LogP contribution in [-0.2, 0) is 6.42 Å². The van der Waals surface area contributed by atoms with Gasteiger partial charge in [-0.15, -0.1) is 0 Å². The summed E-state index contributed by atoms with van der Waals surface area (Å²) in [4.78, 5) is 0. The molecule has 0 unspecified atom stereocenters. The number of nitrogens with one attached hydrogen (secondary N) is 1. The molecule has 14 heavy (non-hydrogen) atoms. The fourth-order valence-corrected chi connectivity index (χ4v) is 1.77. The van der Waals surface area contributed by atoms with Crippen LogP contribution < -0.4 is 0 Å². The monoisotopic (exact) mass is 183 g/mol. The maximum absolute atomic E-state index is 7.87. The summed E-state index contributed by atoms with van der Waals surface area (Å²) >= 11 is 0. The Bertz CT molecular complexity index is 425. The van der Waals surface area contributed by atoms with E-state index in [1.165, 1.54) is 11.1 Å². The molecule has 2 rings (SSSR count). The fraction of sp³-hybridized carbons (Fsp3) is 0.154. The highest BCUT2D eigenvalue weighted by molar-refractivity contribution is 6.27. The maximum atomic E-state index is 7.87. The zero-order valence-electron chi connectivity index (χ0n) is 8.25. The Morgan fingerprint density at radius 1 is 1.29 bits per heavy atom. The molecular weight excluding hydrogens is 170 g/mol. The van der Waals surface area contributed by atoms with Crippen molar-refractivity contribution in [3.63, 3.8) is 0 Å². The molecule has 0 aliphatic heterocycles. The van der Waals surface area contributed by atoms with Gasteiger partial charge in [-0.3, -0.25) is 0 Å². The van der Waals surface area contributed by atoms with Crippen LogP contribution in [0.1, 0.15) is 18.1 Å². The van der Waals surface area contributed by atoms with Crippen molar-refractivity contribution in [2.75, 3.05) is 0 Å². The van der Waals surface area contributed by atoms with E-state index >= 15 is 0 Å². The van der Waals surface area contributed by atoms with E-state index in [2.05, 4.69) is 12.1 Å². The molecule has 0 saturated heterocycles. The summed E-state index contributed by atoms with van der Waals surface area (Å²) < 4.78 is 0. The molecule has 0 heterocycles. The summed E-state index contributed by atoms with van der Waals surface area (Å²) in [6, 6.07) is 8.25. The van der Waals surface area contributed by atoms with Gasteiger partial charge in [0.1, 0.15) is 0 Å². The van der Waals surface area contributed by atoms with E-state index in [4.69, 9.17) is 5.41 Å². The number of benzene rings is 1. The molecule has 0 spiro atoms. The van der Waals surface area contributed by atoms with Crippen molar-refractivity contribution in [1.29, 1.82) is 5.41 Å². The van der Waals surface area contributed by atoms with Gasteiger partial charge in [-0.25, -0.2) is 0 Å². The molecule has 0 amide bonds. The van der Waals surface area contributed by atoms with Crippen LogP contribution in [0.15, 0.2) is 42.5 Å². The van der Waals surface area contributed by atoms with Crippen molar-refractivity contribution >= 4 is 11.3 Å². The Balaban J connectivity index is 2.49. The van der Waals surface area contributed by atoms with Gasteiger partial charge in [-0.2, -0.15) is 0 Å². The lowest BCUT2D eigenvalue weighted by Crippen LogP contribution is -1.91. The highest BCUT2D eigenvalue weighted by Gasteiger charge is 2.19. The lowest BCUT2D eigenvalue weighted by molar-refractivity contribution is 1.34. The molecule has 0 radical (unpaired) electrons. The summed E-state index contributed by atoms with van der Waals surface area (Å²) in [5.74, 6) is 0. The van der Waals surface area contributed by atoms with Crippen molar-refractivity contribution in [2.24, 2.45) is 0 Å². The number of hydrogen-bond acceptors (Lipinski definition) is 1. The molecule has 70 valence electrons. The van der Waals surface area contributed by atoms with Crippen molar-refractivity contribution in [2.45, 2.75) is 13.3 Å². The van der Waals surface area contributed by atoms with Crippen LogP contribution in [0, 0.1) is 5.41 Å². The quantitative estimate of drug-likeness (QED) is 0.691. The normalized spacial score (nSPS) is 18.1. The molecular formula is C13H13N. The number of allylic oxidation sites excluding steroid dienone is 4. The Kier molecular flexibility index (Phi) is 2.32. The van der Waals surface area contributed by atoms with Crippen LogP contribution in [0.2, 0.25) is 0 Å². The maximum Gasteiger partial charge on any atom is 0.0436 e. The predicted octanol–water partition coefficient (Wildman–Crippen LogP) is 3.22. The minimum atomic E-state index is 0.726. The molecule has 0 saturated carbocycles. The Morgan fingerprint density at radius 3 is 2.86 bits per heavy atom. The molecule has 1 N–H and O–H groups in total. The van der Waals surface area contributed by atoms with Crippen LogP contribution in [-0.4, -0.2) is 5.71 Å². The lowest BCUT2D eigenvalue weighted by atomic mass is 10.1. The SMILES string of the molecule is C/C=C\C=C1/C(=N)Cc2ccccc21. The first-order valence-electron chi connectivity index (χ1n) is 4.82. The fourth-order valence-electron chi connectivity index (χ4n) is 1.77. The van der Waals surface area contributed by atoms with E-state index in [-0.39, 0.29) is 0 Å². The number of rotatable bonds is 1. The van der Waals surface area contributed by atoms with Crippen molar-refractivity contribution in [3.8, 4) is 0 Å². The smallest absolute Gasteiger partial charge is 0.0436 e. The summed E-state index contributed by atoms with van der Waals surface area (Å²) in [5.41, 5.74) is 4.28. The minimum Gasteiger partial charge on any atom is -0.304 e. The van der Waals surface area contributed by atoms with E-state index in [9.17, 15) is 0 Å². The summed E-state index contributed by atoms with van der Waals surface area (Å²) in [6.45, 7) is 1.99. The van der Waals surface area contributed by atoms with E-state index in [1.54, 1.807) is 0 Å². The minimum absolute atomic E-state index is 0.726. The third-order valence-corrected chi connectivity index (χ3v) is 2.46. The number of hydrogen-bond donors (Lipinski definition) is 1. The third-order valence-electron chi connectivity index (χ3n) is 2.46. The summed E-state index contributed by atoms with van der Waals surface area (Å²) in [6.07, 6.45) is 6.78. The first-order valence-corrected chi connectivity index (χ1v) is 4.82. The van der Waals surface area contributed by atoms with Gasteiger partial charge in [0.25, 0.3) is 0 Å². The van der Waals surface area contributed by atoms with E-state index in [0.29, 0.717) is 0 Å². The van der Waals surface area contributed by atoms with Gasteiger partial charge < -0.3 is 5.41 Å². The van der Waals surface area contributed by atoms with Gasteiger partial charge in [-0.05, 0) is 18.1 Å². The Hall–Kier alpha value is -1.63. The Labute approximate surface area is 84.3 Å². The van der Waals surface area contributed by atoms with Crippen LogP contribution >= 0.6 is 0 Å². The Morgan fingerprint density at radius 2 is 2.07 bits per heavy atom. The second-order valence-corrected chi connectivity index (χ2v) is 3.42. The molecule has 0 aromatic heterocycles. The van der Waals surface area contributed by atoms with Gasteiger partial charge in [0.15, 0.2) is 0 Å². The second kappa shape index (κ2) is 3.62. The molecule has 1 heteroatoms. The highest BCUT2D eigenvalue weighted by Crippen LogP contribution is 2.29. The van der Waals surface area contributed by atoms with Crippen molar-refractivity contribution in [3.05, 3.63) is 53.6 Å². The van der Waals surface area contributed by atoms with Gasteiger partial charge in [0.05, 0.1) is 0 Å². The zero-order valence-corrected chi connectivity index (χ0v) is 8.25. The first kappa shape index (κ1) is 8.95. The van der Waals surface area contributed by atoms with E-state index in [0.717, 1.165) is 17.7 Å². The molecule has 0 bridgehead atoms. The topological polar surface area (TPSA) is 23.9 Å². The van der Waals surface area contributed by atoms with Crippen LogP contribution in [0.3, 0.4) is 0 Å². The molecule has 1 nitrogen and oxygen atoms in total. The molecule has 1 aliphatic rings.